The number of hydrogen-bond acceptors (Lipinski definition) is 2. The van der Waals surface area contributed by atoms with Crippen LogP contribution in [0.25, 0.3) is 0 Å². The summed E-state index contributed by atoms with van der Waals surface area (Å²) in [6.07, 6.45) is 1.98. The van der Waals surface area contributed by atoms with E-state index in [-0.39, 0.29) is 5.91 Å². The van der Waals surface area contributed by atoms with Crippen LogP contribution in [0.4, 0.5) is 5.69 Å². The lowest BCUT2D eigenvalue weighted by molar-refractivity contribution is 0.102. The van der Waals surface area contributed by atoms with Crippen molar-refractivity contribution in [2.45, 2.75) is 31.3 Å². The van der Waals surface area contributed by atoms with Crippen LogP contribution < -0.4 is 10.6 Å². The molecule has 0 heterocycles. The van der Waals surface area contributed by atoms with Crippen LogP contribution in [0.3, 0.4) is 0 Å². The summed E-state index contributed by atoms with van der Waals surface area (Å²) < 4.78 is 0. The predicted molar refractivity (Wildman–Crippen MR) is 135 cm³/mol. The number of carbonyl (C=O) groups is 1. The first-order valence-electron chi connectivity index (χ1n) is 11.6. The van der Waals surface area contributed by atoms with Crippen molar-refractivity contribution in [3.63, 3.8) is 0 Å². The minimum Gasteiger partial charge on any atom is -0.322 e. The number of nitrogens with one attached hydrogen (secondary N) is 2. The largest absolute Gasteiger partial charge is 0.322 e. The Morgan fingerprint density at radius 1 is 0.727 bits per heavy atom. The number of carbonyl (C=O) groups excluding carboxylic acids is 1. The van der Waals surface area contributed by atoms with E-state index in [9.17, 15) is 4.79 Å². The molecular formula is C30H28N2O. The van der Waals surface area contributed by atoms with E-state index in [0.717, 1.165) is 30.6 Å². The third-order valence-electron chi connectivity index (χ3n) is 6.24. The number of amides is 1. The molecule has 1 saturated carbocycles. The van der Waals surface area contributed by atoms with Crippen molar-refractivity contribution in [2.24, 2.45) is 0 Å². The highest BCUT2D eigenvalue weighted by atomic mass is 16.1. The van der Waals surface area contributed by atoms with Gasteiger partial charge in [-0.25, -0.2) is 0 Å². The first-order chi connectivity index (χ1) is 16.2. The van der Waals surface area contributed by atoms with Gasteiger partial charge in [-0.3, -0.25) is 4.79 Å². The smallest absolute Gasteiger partial charge is 0.255 e. The second-order valence-corrected chi connectivity index (χ2v) is 8.75. The first-order valence-corrected chi connectivity index (χ1v) is 11.6. The highest BCUT2D eigenvalue weighted by Gasteiger charge is 2.37. The van der Waals surface area contributed by atoms with Crippen molar-refractivity contribution < 1.29 is 4.79 Å². The Labute approximate surface area is 195 Å². The zero-order valence-electron chi connectivity index (χ0n) is 18.6. The van der Waals surface area contributed by atoms with E-state index in [1.54, 1.807) is 0 Å². The summed E-state index contributed by atoms with van der Waals surface area (Å²) in [4.78, 5) is 12.8. The lowest BCUT2D eigenvalue weighted by Gasteiger charge is -2.09. The molecule has 1 fully saturated rings. The quantitative estimate of drug-likeness (QED) is 0.349. The molecule has 4 aromatic carbocycles. The minimum atomic E-state index is -0.0773. The van der Waals surface area contributed by atoms with Crippen molar-refractivity contribution in [1.82, 2.24) is 5.32 Å². The van der Waals surface area contributed by atoms with Gasteiger partial charge < -0.3 is 10.6 Å². The predicted octanol–water partition coefficient (Wildman–Crippen LogP) is 6.18. The molecule has 33 heavy (non-hydrogen) atoms. The van der Waals surface area contributed by atoms with Gasteiger partial charge in [0, 0.05) is 29.8 Å². The maximum atomic E-state index is 12.8. The van der Waals surface area contributed by atoms with Gasteiger partial charge in [0.15, 0.2) is 0 Å². The van der Waals surface area contributed by atoms with Crippen LogP contribution in [0, 0.1) is 0 Å². The molecule has 164 valence electrons. The Morgan fingerprint density at radius 2 is 1.39 bits per heavy atom. The maximum absolute atomic E-state index is 12.8. The van der Waals surface area contributed by atoms with Crippen LogP contribution in [0.15, 0.2) is 109 Å². The molecule has 0 aliphatic heterocycles. The molecule has 5 rings (SSSR count). The number of anilines is 1. The van der Waals surface area contributed by atoms with E-state index in [1.807, 2.05) is 54.6 Å². The average molecular weight is 433 g/mol. The molecule has 3 nitrogen and oxygen atoms in total. The van der Waals surface area contributed by atoms with Crippen LogP contribution in [-0.4, -0.2) is 11.9 Å². The summed E-state index contributed by atoms with van der Waals surface area (Å²) in [6.45, 7) is 0.902. The summed E-state index contributed by atoms with van der Waals surface area (Å²) in [5.74, 6) is 0.472. The highest BCUT2D eigenvalue weighted by molar-refractivity contribution is 6.04. The van der Waals surface area contributed by atoms with E-state index in [4.69, 9.17) is 0 Å². The fourth-order valence-corrected chi connectivity index (χ4v) is 4.30. The van der Waals surface area contributed by atoms with Crippen LogP contribution in [0.2, 0.25) is 0 Å². The van der Waals surface area contributed by atoms with Gasteiger partial charge in [0.05, 0.1) is 0 Å². The zero-order chi connectivity index (χ0) is 22.5. The van der Waals surface area contributed by atoms with Gasteiger partial charge in [0.2, 0.25) is 0 Å². The lowest BCUT2D eigenvalue weighted by atomic mass is 10.0. The molecule has 1 aliphatic carbocycles. The highest BCUT2D eigenvalue weighted by Crippen LogP contribution is 2.41. The summed E-state index contributed by atoms with van der Waals surface area (Å²) in [7, 11) is 0. The molecule has 2 N–H and O–H groups in total. The normalized spacial score (nSPS) is 16.8. The lowest BCUT2D eigenvalue weighted by Crippen LogP contribution is -2.17. The Hall–Kier alpha value is -3.69. The van der Waals surface area contributed by atoms with Crippen molar-refractivity contribution >= 4 is 11.6 Å². The molecule has 0 spiro atoms. The van der Waals surface area contributed by atoms with E-state index >= 15 is 0 Å². The fourth-order valence-electron chi connectivity index (χ4n) is 4.30. The molecule has 4 aromatic rings. The second-order valence-electron chi connectivity index (χ2n) is 8.75. The summed E-state index contributed by atoms with van der Waals surface area (Å²) >= 11 is 0. The van der Waals surface area contributed by atoms with Gasteiger partial charge in [-0.1, -0.05) is 84.9 Å². The van der Waals surface area contributed by atoms with Crippen LogP contribution in [0.5, 0.6) is 0 Å². The maximum Gasteiger partial charge on any atom is 0.255 e. The van der Waals surface area contributed by atoms with Crippen molar-refractivity contribution in [3.8, 4) is 0 Å². The van der Waals surface area contributed by atoms with E-state index in [2.05, 4.69) is 65.2 Å². The van der Waals surface area contributed by atoms with Gasteiger partial charge in [-0.2, -0.15) is 0 Å². The SMILES string of the molecule is O=C(Nc1ccc([C@@H]2C[C@H]2NCc2ccccc2)cc1)c1cccc(Cc2ccccc2)c1. The van der Waals surface area contributed by atoms with Gasteiger partial charge in [-0.15, -0.1) is 0 Å². The molecule has 0 radical (unpaired) electrons. The summed E-state index contributed by atoms with van der Waals surface area (Å²) in [5, 5.41) is 6.68. The Bertz CT molecular complexity index is 1200. The Morgan fingerprint density at radius 3 is 2.12 bits per heavy atom. The molecule has 0 unspecified atom stereocenters. The van der Waals surface area contributed by atoms with E-state index in [1.165, 1.54) is 16.7 Å². The molecule has 0 saturated heterocycles. The molecule has 3 heteroatoms. The molecule has 2 atom stereocenters. The monoisotopic (exact) mass is 432 g/mol. The van der Waals surface area contributed by atoms with Crippen molar-refractivity contribution in [1.29, 1.82) is 0 Å². The van der Waals surface area contributed by atoms with Gasteiger partial charge in [0.1, 0.15) is 0 Å². The van der Waals surface area contributed by atoms with Crippen LogP contribution in [0.1, 0.15) is 45.0 Å². The fraction of sp³-hybridized carbons (Fsp3) is 0.167. The van der Waals surface area contributed by atoms with Crippen molar-refractivity contribution in [2.75, 3.05) is 5.32 Å². The number of rotatable bonds is 8. The molecule has 1 aliphatic rings. The van der Waals surface area contributed by atoms with Gasteiger partial charge >= 0.3 is 0 Å². The third-order valence-corrected chi connectivity index (χ3v) is 6.24. The van der Waals surface area contributed by atoms with Gasteiger partial charge in [0.25, 0.3) is 5.91 Å². The summed E-state index contributed by atoms with van der Waals surface area (Å²) in [5.41, 5.74) is 6.51. The van der Waals surface area contributed by atoms with Gasteiger partial charge in [-0.05, 0) is 59.4 Å². The second kappa shape index (κ2) is 9.85. The van der Waals surface area contributed by atoms with Crippen molar-refractivity contribution in [3.05, 3.63) is 137 Å². The first kappa shape index (κ1) is 21.2. The van der Waals surface area contributed by atoms with Crippen LogP contribution >= 0.6 is 0 Å². The Kier molecular flexibility index (Phi) is 6.32. The van der Waals surface area contributed by atoms with E-state index < -0.39 is 0 Å². The standard InChI is InChI=1S/C30H28N2O/c33-30(26-13-7-12-24(19-26)18-22-8-3-1-4-9-22)32-27-16-14-25(15-17-27)28-20-29(28)31-21-23-10-5-2-6-11-23/h1-17,19,28-29,31H,18,20-21H2,(H,32,33)/t28-,29+/m0/s1. The summed E-state index contributed by atoms with van der Waals surface area (Å²) in [6, 6.07) is 37.5. The number of hydrogen-bond donors (Lipinski definition) is 2. The Balaban J connectivity index is 1.15. The molecule has 1 amide bonds. The topological polar surface area (TPSA) is 41.1 Å². The third kappa shape index (κ3) is 5.57. The molecule has 0 bridgehead atoms. The minimum absolute atomic E-state index is 0.0773. The van der Waals surface area contributed by atoms with Crippen LogP contribution in [-0.2, 0) is 13.0 Å². The zero-order valence-corrected chi connectivity index (χ0v) is 18.6. The van der Waals surface area contributed by atoms with E-state index in [0.29, 0.717) is 17.5 Å². The average Bonchev–Trinajstić information content (AvgIpc) is 3.64. The molecular weight excluding hydrogens is 404 g/mol. The molecule has 0 aromatic heterocycles. The number of benzene rings is 4.